The van der Waals surface area contributed by atoms with Crippen molar-refractivity contribution in [3.63, 3.8) is 0 Å². The first-order valence-electron chi connectivity index (χ1n) is 5.04. The van der Waals surface area contributed by atoms with Crippen molar-refractivity contribution < 1.29 is 9.50 Å². The summed E-state index contributed by atoms with van der Waals surface area (Å²) in [7, 11) is 0. The number of aliphatic hydroxyl groups excluding tert-OH is 1. The van der Waals surface area contributed by atoms with E-state index < -0.39 is 11.9 Å². The average molecular weight is 415 g/mol. The van der Waals surface area contributed by atoms with Crippen LogP contribution in [0.3, 0.4) is 0 Å². The van der Waals surface area contributed by atoms with E-state index >= 15 is 0 Å². The van der Waals surface area contributed by atoms with Gasteiger partial charge in [0.05, 0.1) is 9.89 Å². The minimum absolute atomic E-state index is 0.158. The Bertz CT molecular complexity index is 533. The molecule has 0 saturated carbocycles. The molecule has 0 radical (unpaired) electrons. The van der Waals surface area contributed by atoms with Gasteiger partial charge in [-0.1, -0.05) is 17.7 Å². The normalized spacial score (nSPS) is 12.7. The fourth-order valence-corrected chi connectivity index (χ4v) is 3.86. The third kappa shape index (κ3) is 3.14. The first kappa shape index (κ1) is 14.5. The summed E-state index contributed by atoms with van der Waals surface area (Å²) in [6.07, 6.45) is -0.614. The zero-order chi connectivity index (χ0) is 13.3. The van der Waals surface area contributed by atoms with Crippen molar-refractivity contribution in [1.82, 2.24) is 0 Å². The van der Waals surface area contributed by atoms with Crippen molar-refractivity contribution in [3.05, 3.63) is 53.8 Å². The molecule has 18 heavy (non-hydrogen) atoms. The van der Waals surface area contributed by atoms with Gasteiger partial charge in [0.2, 0.25) is 0 Å². The molecule has 96 valence electrons. The Morgan fingerprint density at radius 2 is 2.11 bits per heavy atom. The van der Waals surface area contributed by atoms with Crippen molar-refractivity contribution in [1.29, 1.82) is 0 Å². The summed E-state index contributed by atoms with van der Waals surface area (Å²) in [5.41, 5.74) is 0.340. The SMILES string of the molecule is OC(Cc1c(F)cccc1Cl)c1cc(Br)c(Br)s1. The molecule has 6 heteroatoms. The van der Waals surface area contributed by atoms with Gasteiger partial charge in [-0.2, -0.15) is 0 Å². The second-order valence-corrected chi connectivity index (χ2v) is 7.35. The van der Waals surface area contributed by atoms with E-state index in [0.717, 1.165) is 13.1 Å². The van der Waals surface area contributed by atoms with Crippen molar-refractivity contribution in [3.8, 4) is 0 Å². The molecule has 0 aliphatic rings. The molecule has 1 nitrogen and oxygen atoms in total. The highest BCUT2D eigenvalue weighted by atomic mass is 79.9. The zero-order valence-corrected chi connectivity index (χ0v) is 13.7. The lowest BCUT2D eigenvalue weighted by Gasteiger charge is -2.10. The van der Waals surface area contributed by atoms with E-state index in [1.54, 1.807) is 12.1 Å². The standard InChI is InChI=1S/C12H8Br2ClFOS/c13-7-5-11(18-12(7)14)10(17)4-6-8(15)2-1-3-9(6)16/h1-3,5,10,17H,4H2. The van der Waals surface area contributed by atoms with Crippen LogP contribution in [0, 0.1) is 5.82 Å². The molecule has 0 aliphatic heterocycles. The van der Waals surface area contributed by atoms with Gasteiger partial charge < -0.3 is 5.11 Å². The van der Waals surface area contributed by atoms with E-state index in [9.17, 15) is 9.50 Å². The van der Waals surface area contributed by atoms with Crippen molar-refractivity contribution in [2.24, 2.45) is 0 Å². The molecule has 2 aromatic rings. The quantitative estimate of drug-likeness (QED) is 0.719. The lowest BCUT2D eigenvalue weighted by Crippen LogP contribution is -2.02. The molecule has 0 amide bonds. The largest absolute Gasteiger partial charge is 0.387 e. The third-order valence-electron chi connectivity index (χ3n) is 2.45. The Hall–Kier alpha value is 0.0600. The maximum Gasteiger partial charge on any atom is 0.127 e. The van der Waals surface area contributed by atoms with E-state index in [1.807, 2.05) is 6.07 Å². The van der Waals surface area contributed by atoms with Crippen LogP contribution in [0.1, 0.15) is 16.5 Å². The van der Waals surface area contributed by atoms with Gasteiger partial charge in [0.1, 0.15) is 5.82 Å². The highest BCUT2D eigenvalue weighted by molar-refractivity contribution is 9.13. The summed E-state index contributed by atoms with van der Waals surface area (Å²) >= 11 is 14.0. The minimum Gasteiger partial charge on any atom is -0.387 e. The van der Waals surface area contributed by atoms with Crippen LogP contribution < -0.4 is 0 Å². The number of thiophene rings is 1. The second-order valence-electron chi connectivity index (χ2n) is 3.69. The van der Waals surface area contributed by atoms with Gasteiger partial charge in [0, 0.05) is 26.4 Å². The summed E-state index contributed by atoms with van der Waals surface area (Å²) < 4.78 is 15.4. The van der Waals surface area contributed by atoms with Crippen LogP contribution in [0.5, 0.6) is 0 Å². The summed E-state index contributed by atoms with van der Waals surface area (Å²) in [6.45, 7) is 0. The molecule has 1 N–H and O–H groups in total. The Balaban J connectivity index is 2.23. The summed E-state index contributed by atoms with van der Waals surface area (Å²) in [4.78, 5) is 0.757. The lowest BCUT2D eigenvalue weighted by molar-refractivity contribution is 0.181. The van der Waals surface area contributed by atoms with Crippen molar-refractivity contribution >= 4 is 54.8 Å². The molecule has 1 aromatic carbocycles. The van der Waals surface area contributed by atoms with Crippen LogP contribution in [0.25, 0.3) is 0 Å². The van der Waals surface area contributed by atoms with E-state index in [2.05, 4.69) is 31.9 Å². The molecule has 0 bridgehead atoms. The third-order valence-corrected chi connectivity index (χ3v) is 6.16. The van der Waals surface area contributed by atoms with Crippen LogP contribution >= 0.6 is 54.8 Å². The Morgan fingerprint density at radius 3 is 2.67 bits per heavy atom. The zero-order valence-electron chi connectivity index (χ0n) is 8.96. The van der Waals surface area contributed by atoms with Crippen LogP contribution in [-0.4, -0.2) is 5.11 Å². The first-order valence-corrected chi connectivity index (χ1v) is 7.82. The van der Waals surface area contributed by atoms with Gasteiger partial charge in [-0.15, -0.1) is 11.3 Å². The predicted octanol–water partition coefficient (Wildman–Crippen LogP) is 5.34. The molecular weight excluding hydrogens is 406 g/mol. The van der Waals surface area contributed by atoms with Crippen molar-refractivity contribution in [2.75, 3.05) is 0 Å². The monoisotopic (exact) mass is 412 g/mol. The number of benzene rings is 1. The van der Waals surface area contributed by atoms with Gasteiger partial charge >= 0.3 is 0 Å². The van der Waals surface area contributed by atoms with Gasteiger partial charge in [-0.3, -0.25) is 0 Å². The summed E-state index contributed by atoms with van der Waals surface area (Å²) in [6, 6.07) is 6.32. The Labute approximate surface area is 130 Å². The summed E-state index contributed by atoms with van der Waals surface area (Å²) in [5, 5.41) is 10.4. The number of hydrogen-bond donors (Lipinski definition) is 1. The van der Waals surface area contributed by atoms with Gasteiger partial charge in [0.15, 0.2) is 0 Å². The molecular formula is C12H8Br2ClFOS. The van der Waals surface area contributed by atoms with E-state index in [-0.39, 0.29) is 6.42 Å². The molecule has 1 atom stereocenters. The molecule has 1 unspecified atom stereocenters. The molecule has 1 heterocycles. The topological polar surface area (TPSA) is 20.2 Å². The fraction of sp³-hybridized carbons (Fsp3) is 0.167. The van der Waals surface area contributed by atoms with E-state index in [1.165, 1.54) is 17.4 Å². The van der Waals surface area contributed by atoms with Crippen molar-refractivity contribution in [2.45, 2.75) is 12.5 Å². The average Bonchev–Trinajstić information content (AvgIpc) is 2.64. The smallest absolute Gasteiger partial charge is 0.127 e. The number of halogens is 4. The van der Waals surface area contributed by atoms with Crippen LogP contribution in [0.4, 0.5) is 4.39 Å². The van der Waals surface area contributed by atoms with Gasteiger partial charge in [0.25, 0.3) is 0 Å². The molecule has 0 saturated heterocycles. The number of rotatable bonds is 3. The van der Waals surface area contributed by atoms with E-state index in [0.29, 0.717) is 10.6 Å². The second kappa shape index (κ2) is 6.01. The molecule has 0 fully saturated rings. The molecule has 2 rings (SSSR count). The maximum absolute atomic E-state index is 13.6. The molecule has 0 spiro atoms. The highest BCUT2D eigenvalue weighted by Crippen LogP contribution is 2.37. The minimum atomic E-state index is -0.771. The number of aliphatic hydroxyl groups is 1. The lowest BCUT2D eigenvalue weighted by atomic mass is 10.1. The van der Waals surface area contributed by atoms with Crippen LogP contribution in [-0.2, 0) is 6.42 Å². The predicted molar refractivity (Wildman–Crippen MR) is 79.8 cm³/mol. The van der Waals surface area contributed by atoms with Gasteiger partial charge in [-0.25, -0.2) is 4.39 Å². The number of hydrogen-bond acceptors (Lipinski definition) is 2. The van der Waals surface area contributed by atoms with E-state index in [4.69, 9.17) is 11.6 Å². The van der Waals surface area contributed by atoms with Crippen LogP contribution in [0.2, 0.25) is 5.02 Å². The Morgan fingerprint density at radius 1 is 1.39 bits per heavy atom. The first-order chi connectivity index (χ1) is 8.49. The summed E-state index contributed by atoms with van der Waals surface area (Å²) in [5.74, 6) is -0.392. The fourth-order valence-electron chi connectivity index (χ4n) is 1.55. The molecule has 1 aromatic heterocycles. The molecule has 0 aliphatic carbocycles. The maximum atomic E-state index is 13.6. The van der Waals surface area contributed by atoms with Crippen LogP contribution in [0.15, 0.2) is 32.5 Å². The Kier molecular flexibility index (Phi) is 4.83. The highest BCUT2D eigenvalue weighted by Gasteiger charge is 2.17. The van der Waals surface area contributed by atoms with Gasteiger partial charge in [-0.05, 0) is 50.1 Å².